The summed E-state index contributed by atoms with van der Waals surface area (Å²) in [6.07, 6.45) is 7.00. The topological polar surface area (TPSA) is 36.4 Å². The van der Waals surface area contributed by atoms with E-state index in [0.29, 0.717) is 12.5 Å². The van der Waals surface area contributed by atoms with E-state index < -0.39 is 0 Å². The Labute approximate surface area is 139 Å². The van der Waals surface area contributed by atoms with E-state index >= 15 is 0 Å². The number of aromatic nitrogens is 1. The molecule has 0 spiro atoms. The molecule has 0 atom stereocenters. The van der Waals surface area contributed by atoms with Gasteiger partial charge in [0, 0.05) is 25.0 Å². The van der Waals surface area contributed by atoms with Crippen molar-refractivity contribution in [3.05, 3.63) is 59.9 Å². The largest absolute Gasteiger partial charge is 0.395 e. The van der Waals surface area contributed by atoms with Gasteiger partial charge in [-0.15, -0.1) is 0 Å². The van der Waals surface area contributed by atoms with Crippen molar-refractivity contribution >= 4 is 17.8 Å². The summed E-state index contributed by atoms with van der Waals surface area (Å²) >= 11 is 0. The van der Waals surface area contributed by atoms with Gasteiger partial charge in [-0.2, -0.15) is 0 Å². The number of hydrogen-bond acceptors (Lipinski definition) is 3. The molecule has 1 aromatic carbocycles. The van der Waals surface area contributed by atoms with Gasteiger partial charge in [0.25, 0.3) is 0 Å². The highest BCUT2D eigenvalue weighted by atomic mass is 16.3. The van der Waals surface area contributed by atoms with Gasteiger partial charge in [-0.3, -0.25) is 4.98 Å². The number of anilines is 1. The molecule has 0 saturated heterocycles. The number of rotatable bonds is 8. The van der Waals surface area contributed by atoms with E-state index in [9.17, 15) is 5.11 Å². The minimum Gasteiger partial charge on any atom is -0.395 e. The molecule has 3 heteroatoms. The third-order valence-electron chi connectivity index (χ3n) is 3.74. The summed E-state index contributed by atoms with van der Waals surface area (Å²) in [5, 5.41) is 9.27. The number of aliphatic hydroxyl groups is 1. The van der Waals surface area contributed by atoms with Crippen LogP contribution in [0.4, 0.5) is 5.69 Å². The molecular formula is C20H26N2O. The second-order valence-corrected chi connectivity index (χ2v) is 6.07. The molecule has 0 aliphatic rings. The van der Waals surface area contributed by atoms with E-state index in [1.807, 2.05) is 24.3 Å². The Morgan fingerprint density at radius 2 is 1.83 bits per heavy atom. The monoisotopic (exact) mass is 310 g/mol. The molecule has 1 heterocycles. The lowest BCUT2D eigenvalue weighted by atomic mass is 10.1. The molecule has 0 amide bonds. The molecule has 0 bridgehead atoms. The van der Waals surface area contributed by atoms with Crippen LogP contribution in [0.1, 0.15) is 31.5 Å². The number of benzene rings is 1. The zero-order chi connectivity index (χ0) is 16.5. The van der Waals surface area contributed by atoms with Crippen LogP contribution in [-0.4, -0.2) is 29.8 Å². The molecule has 0 aliphatic heterocycles. The SMILES string of the molecule is CC(C)CCN(CCO)c1ccc(/C=C/c2ccccn2)cc1. The van der Waals surface area contributed by atoms with Crippen LogP contribution in [0.2, 0.25) is 0 Å². The summed E-state index contributed by atoms with van der Waals surface area (Å²) in [5.41, 5.74) is 3.26. The van der Waals surface area contributed by atoms with Gasteiger partial charge in [-0.1, -0.05) is 38.1 Å². The Kier molecular flexibility index (Phi) is 6.82. The van der Waals surface area contributed by atoms with E-state index in [1.165, 1.54) is 0 Å². The number of hydrogen-bond donors (Lipinski definition) is 1. The Balaban J connectivity index is 2.03. The summed E-state index contributed by atoms with van der Waals surface area (Å²) in [4.78, 5) is 6.52. The normalized spacial score (nSPS) is 11.3. The van der Waals surface area contributed by atoms with E-state index in [-0.39, 0.29) is 6.61 Å². The maximum absolute atomic E-state index is 9.27. The predicted octanol–water partition coefficient (Wildman–Crippen LogP) is 4.10. The van der Waals surface area contributed by atoms with Gasteiger partial charge in [-0.25, -0.2) is 0 Å². The molecule has 0 saturated carbocycles. The zero-order valence-corrected chi connectivity index (χ0v) is 14.0. The molecule has 2 rings (SSSR count). The van der Waals surface area contributed by atoms with Gasteiger partial charge in [0.1, 0.15) is 0 Å². The van der Waals surface area contributed by atoms with Crippen molar-refractivity contribution in [2.24, 2.45) is 5.92 Å². The van der Waals surface area contributed by atoms with E-state index in [1.54, 1.807) is 6.20 Å². The van der Waals surface area contributed by atoms with Gasteiger partial charge >= 0.3 is 0 Å². The lowest BCUT2D eigenvalue weighted by Crippen LogP contribution is -2.28. The third-order valence-corrected chi connectivity index (χ3v) is 3.74. The Bertz CT molecular complexity index is 591. The number of pyridine rings is 1. The van der Waals surface area contributed by atoms with Crippen molar-refractivity contribution in [3.63, 3.8) is 0 Å². The molecular weight excluding hydrogens is 284 g/mol. The maximum atomic E-state index is 9.27. The van der Waals surface area contributed by atoms with Crippen LogP contribution < -0.4 is 4.90 Å². The van der Waals surface area contributed by atoms with E-state index in [0.717, 1.165) is 29.9 Å². The smallest absolute Gasteiger partial charge is 0.0629 e. The van der Waals surface area contributed by atoms with Crippen molar-refractivity contribution in [2.45, 2.75) is 20.3 Å². The minimum absolute atomic E-state index is 0.180. The van der Waals surface area contributed by atoms with Crippen LogP contribution in [0.15, 0.2) is 48.7 Å². The van der Waals surface area contributed by atoms with Gasteiger partial charge in [0.2, 0.25) is 0 Å². The molecule has 0 radical (unpaired) electrons. The Hall–Kier alpha value is -2.13. The predicted molar refractivity (Wildman–Crippen MR) is 98.4 cm³/mol. The summed E-state index contributed by atoms with van der Waals surface area (Å²) in [6, 6.07) is 14.3. The summed E-state index contributed by atoms with van der Waals surface area (Å²) < 4.78 is 0. The van der Waals surface area contributed by atoms with E-state index in [4.69, 9.17) is 0 Å². The highest BCUT2D eigenvalue weighted by Crippen LogP contribution is 2.18. The Morgan fingerprint density at radius 1 is 1.04 bits per heavy atom. The quantitative estimate of drug-likeness (QED) is 0.797. The Morgan fingerprint density at radius 3 is 2.43 bits per heavy atom. The van der Waals surface area contributed by atoms with Crippen molar-refractivity contribution < 1.29 is 5.11 Å². The average molecular weight is 310 g/mol. The zero-order valence-electron chi connectivity index (χ0n) is 14.0. The first-order valence-corrected chi connectivity index (χ1v) is 8.24. The van der Waals surface area contributed by atoms with Crippen molar-refractivity contribution in [3.8, 4) is 0 Å². The molecule has 0 fully saturated rings. The van der Waals surface area contributed by atoms with Crippen LogP contribution in [0, 0.1) is 5.92 Å². The molecule has 23 heavy (non-hydrogen) atoms. The fourth-order valence-corrected chi connectivity index (χ4v) is 2.36. The average Bonchev–Trinajstić information content (AvgIpc) is 2.58. The molecule has 1 N–H and O–H groups in total. The summed E-state index contributed by atoms with van der Waals surface area (Å²) in [5.74, 6) is 0.664. The molecule has 2 aromatic rings. The minimum atomic E-state index is 0.180. The van der Waals surface area contributed by atoms with Gasteiger partial charge < -0.3 is 10.0 Å². The van der Waals surface area contributed by atoms with Gasteiger partial charge in [0.15, 0.2) is 0 Å². The first kappa shape index (κ1) is 17.2. The van der Waals surface area contributed by atoms with Crippen LogP contribution in [0.25, 0.3) is 12.2 Å². The molecule has 0 aliphatic carbocycles. The fourth-order valence-electron chi connectivity index (χ4n) is 2.36. The highest BCUT2D eigenvalue weighted by molar-refractivity contribution is 5.69. The van der Waals surface area contributed by atoms with Crippen molar-refractivity contribution in [2.75, 3.05) is 24.6 Å². The molecule has 122 valence electrons. The standard InChI is InChI=1S/C20H26N2O/c1-17(2)12-14-22(15-16-23)20-10-7-18(8-11-20)6-9-19-5-3-4-13-21-19/h3-11,13,17,23H,12,14-16H2,1-2H3/b9-6+. The number of nitrogens with zero attached hydrogens (tertiary/aromatic N) is 2. The van der Waals surface area contributed by atoms with Crippen molar-refractivity contribution in [1.29, 1.82) is 0 Å². The van der Waals surface area contributed by atoms with Crippen LogP contribution in [0.5, 0.6) is 0 Å². The highest BCUT2D eigenvalue weighted by Gasteiger charge is 2.06. The van der Waals surface area contributed by atoms with Crippen LogP contribution in [0.3, 0.4) is 0 Å². The first-order chi connectivity index (χ1) is 11.2. The summed E-state index contributed by atoms with van der Waals surface area (Å²) in [7, 11) is 0. The lowest BCUT2D eigenvalue weighted by Gasteiger charge is -2.25. The lowest BCUT2D eigenvalue weighted by molar-refractivity contribution is 0.301. The second-order valence-electron chi connectivity index (χ2n) is 6.07. The fraction of sp³-hybridized carbons (Fsp3) is 0.350. The maximum Gasteiger partial charge on any atom is 0.0629 e. The molecule has 0 unspecified atom stereocenters. The van der Waals surface area contributed by atoms with Crippen molar-refractivity contribution in [1.82, 2.24) is 4.98 Å². The molecule has 1 aromatic heterocycles. The number of aliphatic hydroxyl groups excluding tert-OH is 1. The van der Waals surface area contributed by atoms with Gasteiger partial charge in [0.05, 0.1) is 12.3 Å². The first-order valence-electron chi connectivity index (χ1n) is 8.24. The van der Waals surface area contributed by atoms with Crippen LogP contribution in [-0.2, 0) is 0 Å². The van der Waals surface area contributed by atoms with E-state index in [2.05, 4.69) is 54.1 Å². The third kappa shape index (κ3) is 5.87. The molecule has 3 nitrogen and oxygen atoms in total. The van der Waals surface area contributed by atoms with Crippen LogP contribution >= 0.6 is 0 Å². The summed E-state index contributed by atoms with van der Waals surface area (Å²) in [6.45, 7) is 6.28. The van der Waals surface area contributed by atoms with Gasteiger partial charge in [-0.05, 0) is 48.2 Å². The second kappa shape index (κ2) is 9.11.